The number of allylic oxidation sites excluding steroid dienone is 5. The van der Waals surface area contributed by atoms with Gasteiger partial charge in [-0.1, -0.05) is 37.1 Å². The van der Waals surface area contributed by atoms with Crippen LogP contribution in [-0.2, 0) is 0 Å². The van der Waals surface area contributed by atoms with E-state index in [9.17, 15) is 0 Å². The van der Waals surface area contributed by atoms with E-state index < -0.39 is 0 Å². The van der Waals surface area contributed by atoms with Crippen LogP contribution in [0.15, 0.2) is 40.0 Å². The highest BCUT2D eigenvalue weighted by atomic mass is 14.7. The first-order valence-corrected chi connectivity index (χ1v) is 6.94. The first-order valence-electron chi connectivity index (χ1n) is 6.94. The van der Waals surface area contributed by atoms with E-state index in [4.69, 9.17) is 7.85 Å². The monoisotopic (exact) mass is 239 g/mol. The number of hydrogen-bond donors (Lipinski definition) is 0. The maximum atomic E-state index is 6.18. The van der Waals surface area contributed by atoms with Crippen LogP contribution >= 0.6 is 0 Å². The Morgan fingerprint density at radius 3 is 2.72 bits per heavy atom. The molecule has 0 spiro atoms. The average molecular weight is 239 g/mol. The van der Waals surface area contributed by atoms with Crippen LogP contribution in [0, 0.1) is 11.8 Å². The summed E-state index contributed by atoms with van der Waals surface area (Å²) in [4.78, 5) is 4.43. The van der Waals surface area contributed by atoms with Gasteiger partial charge in [-0.15, -0.1) is 5.47 Å². The van der Waals surface area contributed by atoms with Crippen molar-refractivity contribution in [2.45, 2.75) is 46.5 Å². The molecule has 0 bridgehead atoms. The molecule has 94 valence electrons. The minimum Gasteiger partial charge on any atom is -0.266 e. The lowest BCUT2D eigenvalue weighted by atomic mass is 9.74. The van der Waals surface area contributed by atoms with Gasteiger partial charge in [-0.25, -0.2) is 0 Å². The zero-order chi connectivity index (χ0) is 13.1. The molecule has 0 saturated carbocycles. The van der Waals surface area contributed by atoms with E-state index in [0.29, 0.717) is 11.8 Å². The van der Waals surface area contributed by atoms with Gasteiger partial charge in [0.25, 0.3) is 0 Å². The van der Waals surface area contributed by atoms with Crippen molar-refractivity contribution in [3.63, 3.8) is 0 Å². The SMILES string of the molecule is [B]C1=C(C(C)C)C=CC(CC2=CN=C(C)CC2)C1. The molecular formula is C16H22BN. The molecule has 1 atom stereocenters. The molecule has 1 nitrogen and oxygen atoms in total. The number of rotatable bonds is 3. The van der Waals surface area contributed by atoms with E-state index in [0.717, 1.165) is 24.7 Å². The number of nitrogens with zero attached hydrogens (tertiary/aromatic N) is 1. The average Bonchev–Trinajstić information content (AvgIpc) is 2.32. The van der Waals surface area contributed by atoms with Crippen molar-refractivity contribution in [2.24, 2.45) is 16.8 Å². The van der Waals surface area contributed by atoms with Gasteiger partial charge in [-0.05, 0) is 44.4 Å². The Bertz CT molecular complexity index is 438. The van der Waals surface area contributed by atoms with Gasteiger partial charge in [0, 0.05) is 11.9 Å². The third kappa shape index (κ3) is 3.25. The van der Waals surface area contributed by atoms with Crippen LogP contribution in [0.4, 0.5) is 0 Å². The van der Waals surface area contributed by atoms with Crippen molar-refractivity contribution >= 4 is 13.6 Å². The van der Waals surface area contributed by atoms with Gasteiger partial charge < -0.3 is 0 Å². The van der Waals surface area contributed by atoms with Crippen LogP contribution < -0.4 is 0 Å². The van der Waals surface area contributed by atoms with Crippen LogP contribution in [0.3, 0.4) is 0 Å². The summed E-state index contributed by atoms with van der Waals surface area (Å²) in [5, 5.41) is 0. The molecule has 0 aromatic carbocycles. The first kappa shape index (κ1) is 13.4. The zero-order valence-electron chi connectivity index (χ0n) is 11.7. The van der Waals surface area contributed by atoms with Gasteiger partial charge in [-0.3, -0.25) is 4.99 Å². The Kier molecular flexibility index (Phi) is 4.26. The molecular weight excluding hydrogens is 217 g/mol. The highest BCUT2D eigenvalue weighted by Gasteiger charge is 2.17. The summed E-state index contributed by atoms with van der Waals surface area (Å²) in [6, 6.07) is 0. The van der Waals surface area contributed by atoms with E-state index in [1.54, 1.807) is 0 Å². The second kappa shape index (κ2) is 5.73. The van der Waals surface area contributed by atoms with Crippen LogP contribution in [0.1, 0.15) is 46.5 Å². The summed E-state index contributed by atoms with van der Waals surface area (Å²) >= 11 is 0. The van der Waals surface area contributed by atoms with E-state index >= 15 is 0 Å². The minimum atomic E-state index is 0.531. The van der Waals surface area contributed by atoms with Crippen LogP contribution in [0.2, 0.25) is 0 Å². The highest BCUT2D eigenvalue weighted by Crippen LogP contribution is 2.31. The topological polar surface area (TPSA) is 12.4 Å². The molecule has 0 fully saturated rings. The standard InChI is InChI=1S/C16H22BN/c1-11(2)15-7-6-13(9-16(15)17)8-14-5-4-12(3)18-10-14/h6-7,10-11,13H,4-5,8-9H2,1-3H3. The van der Waals surface area contributed by atoms with Gasteiger partial charge in [0.1, 0.15) is 7.85 Å². The third-order valence-corrected chi connectivity index (χ3v) is 3.82. The molecule has 2 aliphatic rings. The molecule has 1 aliphatic heterocycles. The van der Waals surface area contributed by atoms with Crippen molar-refractivity contribution in [3.05, 3.63) is 35.0 Å². The zero-order valence-corrected chi connectivity index (χ0v) is 11.7. The van der Waals surface area contributed by atoms with Gasteiger partial charge in [0.05, 0.1) is 0 Å². The van der Waals surface area contributed by atoms with E-state index in [-0.39, 0.29) is 0 Å². The molecule has 0 saturated heterocycles. The van der Waals surface area contributed by atoms with Gasteiger partial charge in [-0.2, -0.15) is 0 Å². The lowest BCUT2D eigenvalue weighted by molar-refractivity contribution is 0.610. The summed E-state index contributed by atoms with van der Waals surface area (Å²) in [7, 11) is 6.18. The Hall–Kier alpha value is -1.05. The molecule has 2 radical (unpaired) electrons. The second-order valence-corrected chi connectivity index (χ2v) is 5.81. The summed E-state index contributed by atoms with van der Waals surface area (Å²) < 4.78 is 0. The molecule has 1 unspecified atom stereocenters. The van der Waals surface area contributed by atoms with Crippen LogP contribution in [-0.4, -0.2) is 13.6 Å². The predicted molar refractivity (Wildman–Crippen MR) is 79.9 cm³/mol. The van der Waals surface area contributed by atoms with E-state index in [1.807, 2.05) is 0 Å². The molecule has 0 amide bonds. The van der Waals surface area contributed by atoms with Crippen LogP contribution in [0.5, 0.6) is 0 Å². The molecule has 2 heteroatoms. The van der Waals surface area contributed by atoms with Gasteiger partial charge in [0.2, 0.25) is 0 Å². The normalized spacial score (nSPS) is 24.3. The molecule has 18 heavy (non-hydrogen) atoms. The fraction of sp³-hybridized carbons (Fsp3) is 0.562. The number of aliphatic imine (C=N–C) groups is 1. The fourth-order valence-electron chi connectivity index (χ4n) is 2.68. The smallest absolute Gasteiger partial charge is 0.108 e. The van der Waals surface area contributed by atoms with Crippen molar-refractivity contribution in [1.29, 1.82) is 0 Å². The molecule has 0 N–H and O–H groups in total. The summed E-state index contributed by atoms with van der Waals surface area (Å²) in [5.74, 6) is 1.09. The fourth-order valence-corrected chi connectivity index (χ4v) is 2.68. The maximum absolute atomic E-state index is 6.18. The summed E-state index contributed by atoms with van der Waals surface area (Å²) in [6.07, 6.45) is 11.0. The maximum Gasteiger partial charge on any atom is 0.108 e. The highest BCUT2D eigenvalue weighted by molar-refractivity contribution is 6.22. The van der Waals surface area contributed by atoms with Gasteiger partial charge in [0.15, 0.2) is 0 Å². The molecule has 1 aliphatic carbocycles. The van der Waals surface area contributed by atoms with Gasteiger partial charge >= 0.3 is 0 Å². The van der Waals surface area contributed by atoms with E-state index in [1.165, 1.54) is 23.3 Å². The molecule has 0 aromatic heterocycles. The van der Waals surface area contributed by atoms with Crippen molar-refractivity contribution in [2.75, 3.05) is 0 Å². The Morgan fingerprint density at radius 2 is 2.17 bits per heavy atom. The first-order chi connectivity index (χ1) is 8.56. The Morgan fingerprint density at radius 1 is 1.39 bits per heavy atom. The minimum absolute atomic E-state index is 0.531. The lowest BCUT2D eigenvalue weighted by Crippen LogP contribution is -2.10. The van der Waals surface area contributed by atoms with Crippen molar-refractivity contribution in [1.82, 2.24) is 0 Å². The second-order valence-electron chi connectivity index (χ2n) is 5.81. The molecule has 0 aromatic rings. The molecule has 2 rings (SSSR count). The summed E-state index contributed by atoms with van der Waals surface area (Å²) in [5.41, 5.74) is 5.11. The van der Waals surface area contributed by atoms with Crippen LogP contribution in [0.25, 0.3) is 0 Å². The molecule has 1 heterocycles. The Balaban J connectivity index is 1.97. The van der Waals surface area contributed by atoms with E-state index in [2.05, 4.69) is 44.1 Å². The summed E-state index contributed by atoms with van der Waals surface area (Å²) in [6.45, 7) is 6.51. The third-order valence-electron chi connectivity index (χ3n) is 3.82. The quantitative estimate of drug-likeness (QED) is 0.655. The predicted octanol–water partition coefficient (Wildman–Crippen LogP) is 4.17. The number of hydrogen-bond acceptors (Lipinski definition) is 1. The largest absolute Gasteiger partial charge is 0.266 e. The van der Waals surface area contributed by atoms with Crippen molar-refractivity contribution in [3.8, 4) is 0 Å². The van der Waals surface area contributed by atoms with Crippen molar-refractivity contribution < 1.29 is 0 Å². The Labute approximate surface area is 112 Å². The lowest BCUT2D eigenvalue weighted by Gasteiger charge is -2.24.